The highest BCUT2D eigenvalue weighted by atomic mass is 16.5. The lowest BCUT2D eigenvalue weighted by Gasteiger charge is -2.15. The number of ketones is 1. The number of carbonyl (C=O) groups excluding carboxylic acids is 2. The van der Waals surface area contributed by atoms with Gasteiger partial charge in [0.2, 0.25) is 5.78 Å². The van der Waals surface area contributed by atoms with Crippen molar-refractivity contribution in [1.29, 1.82) is 0 Å². The number of ether oxygens (including phenoxy) is 1. The summed E-state index contributed by atoms with van der Waals surface area (Å²) in [4.78, 5) is 30.7. The molecule has 31 heavy (non-hydrogen) atoms. The van der Waals surface area contributed by atoms with Gasteiger partial charge in [-0.05, 0) is 32.4 Å². The van der Waals surface area contributed by atoms with Gasteiger partial charge in [-0.2, -0.15) is 0 Å². The number of Topliss-reactive ketones (excluding diaryl/α,β-unsaturated/α-hetero) is 1. The zero-order valence-corrected chi connectivity index (χ0v) is 17.8. The van der Waals surface area contributed by atoms with Crippen LogP contribution in [-0.2, 0) is 4.74 Å². The summed E-state index contributed by atoms with van der Waals surface area (Å²) in [5.41, 5.74) is 5.29. The minimum absolute atomic E-state index is 0.230. The van der Waals surface area contributed by atoms with E-state index in [-0.39, 0.29) is 5.78 Å². The predicted molar refractivity (Wildman–Crippen MR) is 122 cm³/mol. The van der Waals surface area contributed by atoms with E-state index in [1.54, 1.807) is 25.1 Å². The van der Waals surface area contributed by atoms with Crippen LogP contribution in [-0.4, -0.2) is 22.8 Å². The summed E-state index contributed by atoms with van der Waals surface area (Å²) in [5.74, 6) is -0.769. The molecule has 4 rings (SSSR count). The van der Waals surface area contributed by atoms with E-state index >= 15 is 0 Å². The number of esters is 1. The fraction of sp³-hybridized carbons (Fsp3) is 0.148. The average molecular weight is 409 g/mol. The Kier molecular flexibility index (Phi) is 5.63. The molecule has 0 aliphatic heterocycles. The van der Waals surface area contributed by atoms with Crippen LogP contribution >= 0.6 is 0 Å². The van der Waals surface area contributed by atoms with Crippen LogP contribution in [0.15, 0.2) is 78.9 Å². The lowest BCUT2D eigenvalue weighted by molar-refractivity contribution is 0.0320. The zero-order valence-electron chi connectivity index (χ0n) is 17.8. The molecule has 4 aromatic rings. The van der Waals surface area contributed by atoms with Gasteiger partial charge in [-0.25, -0.2) is 9.78 Å². The van der Waals surface area contributed by atoms with E-state index in [1.165, 1.54) is 0 Å². The molecule has 0 aliphatic rings. The number of nitrogens with zero attached hydrogens (tertiary/aromatic N) is 1. The molecule has 154 valence electrons. The van der Waals surface area contributed by atoms with Crippen molar-refractivity contribution in [2.24, 2.45) is 0 Å². The van der Waals surface area contributed by atoms with Crippen molar-refractivity contribution in [1.82, 2.24) is 4.98 Å². The van der Waals surface area contributed by atoms with Crippen molar-refractivity contribution in [3.8, 4) is 11.3 Å². The molecule has 0 aliphatic carbocycles. The maximum Gasteiger partial charge on any atom is 0.339 e. The number of para-hydroxylation sites is 1. The molecule has 0 saturated carbocycles. The van der Waals surface area contributed by atoms with E-state index in [4.69, 9.17) is 9.72 Å². The minimum atomic E-state index is -0.900. The molecular formula is C27H23NO3. The summed E-state index contributed by atoms with van der Waals surface area (Å²) in [7, 11) is 0. The second-order valence-electron chi connectivity index (χ2n) is 7.67. The first-order chi connectivity index (χ1) is 14.9. The van der Waals surface area contributed by atoms with Gasteiger partial charge in [0.25, 0.3) is 0 Å². The summed E-state index contributed by atoms with van der Waals surface area (Å²) in [5, 5.41) is 0.708. The van der Waals surface area contributed by atoms with Crippen LogP contribution in [0.1, 0.15) is 38.8 Å². The number of aryl methyl sites for hydroxylation is 2. The lowest BCUT2D eigenvalue weighted by atomic mass is 10.0. The van der Waals surface area contributed by atoms with Crippen LogP contribution in [0.3, 0.4) is 0 Å². The predicted octanol–water partition coefficient (Wildman–Crippen LogP) is 5.95. The molecule has 0 spiro atoms. The summed E-state index contributed by atoms with van der Waals surface area (Å²) < 4.78 is 5.61. The Morgan fingerprint density at radius 3 is 2.29 bits per heavy atom. The molecule has 4 heteroatoms. The summed E-state index contributed by atoms with van der Waals surface area (Å²) in [6.07, 6.45) is -0.900. The molecule has 0 fully saturated rings. The molecule has 1 aromatic heterocycles. The third-order valence-electron chi connectivity index (χ3n) is 5.32. The van der Waals surface area contributed by atoms with E-state index in [2.05, 4.69) is 0 Å². The third kappa shape index (κ3) is 4.24. The van der Waals surface area contributed by atoms with Gasteiger partial charge < -0.3 is 4.74 Å². The molecule has 0 N–H and O–H groups in total. The van der Waals surface area contributed by atoms with Crippen molar-refractivity contribution in [3.05, 3.63) is 101 Å². The monoisotopic (exact) mass is 409 g/mol. The SMILES string of the molecule is Cc1ccc(C(=O)[C@H](C)OC(=O)c2cc(-c3ccccc3)nc3c(C)cccc23)cc1. The standard InChI is InChI=1S/C27H23NO3/c1-17-12-14-21(15-13-17)26(29)19(3)31-27(30)23-16-24(20-9-5-4-6-10-20)28-25-18(2)8-7-11-22(23)25/h4-16,19H,1-3H3/t19-/m0/s1. The minimum Gasteiger partial charge on any atom is -0.451 e. The van der Waals surface area contributed by atoms with Crippen molar-refractivity contribution in [3.63, 3.8) is 0 Å². The molecule has 1 atom stereocenters. The molecule has 0 radical (unpaired) electrons. The Hall–Kier alpha value is -3.79. The van der Waals surface area contributed by atoms with Gasteiger partial charge in [0.05, 0.1) is 16.8 Å². The van der Waals surface area contributed by atoms with Gasteiger partial charge in [0.1, 0.15) is 0 Å². The smallest absolute Gasteiger partial charge is 0.339 e. The third-order valence-corrected chi connectivity index (χ3v) is 5.32. The van der Waals surface area contributed by atoms with E-state index in [0.29, 0.717) is 22.2 Å². The Balaban J connectivity index is 1.70. The van der Waals surface area contributed by atoms with Crippen molar-refractivity contribution in [2.75, 3.05) is 0 Å². The molecule has 3 aromatic carbocycles. The van der Waals surface area contributed by atoms with Crippen LogP contribution in [0, 0.1) is 13.8 Å². The van der Waals surface area contributed by atoms with Crippen LogP contribution in [0.2, 0.25) is 0 Å². The quantitative estimate of drug-likeness (QED) is 0.302. The molecule has 0 amide bonds. The molecule has 1 heterocycles. The molecule has 0 saturated heterocycles. The summed E-state index contributed by atoms with van der Waals surface area (Å²) >= 11 is 0. The molecule has 0 bridgehead atoms. The number of hydrogen-bond donors (Lipinski definition) is 0. The average Bonchev–Trinajstić information content (AvgIpc) is 2.79. The van der Waals surface area contributed by atoms with Gasteiger partial charge in [-0.1, -0.05) is 78.4 Å². The number of hydrogen-bond acceptors (Lipinski definition) is 4. The van der Waals surface area contributed by atoms with Crippen LogP contribution < -0.4 is 0 Å². The first-order valence-corrected chi connectivity index (χ1v) is 10.2. The second kappa shape index (κ2) is 8.52. The van der Waals surface area contributed by atoms with Gasteiger partial charge in [0, 0.05) is 16.5 Å². The number of benzene rings is 3. The topological polar surface area (TPSA) is 56.3 Å². The Bertz CT molecular complexity index is 1260. The lowest BCUT2D eigenvalue weighted by Crippen LogP contribution is -2.24. The van der Waals surface area contributed by atoms with Gasteiger partial charge in [-0.3, -0.25) is 4.79 Å². The summed E-state index contributed by atoms with van der Waals surface area (Å²) in [6, 6.07) is 24.4. The molecular weight excluding hydrogens is 386 g/mol. The number of rotatable bonds is 5. The fourth-order valence-electron chi connectivity index (χ4n) is 3.55. The summed E-state index contributed by atoms with van der Waals surface area (Å²) in [6.45, 7) is 5.52. The van der Waals surface area contributed by atoms with Crippen LogP contribution in [0.5, 0.6) is 0 Å². The highest BCUT2D eigenvalue weighted by Gasteiger charge is 2.23. The number of carbonyl (C=O) groups is 2. The van der Waals surface area contributed by atoms with Crippen LogP contribution in [0.25, 0.3) is 22.2 Å². The van der Waals surface area contributed by atoms with E-state index < -0.39 is 12.1 Å². The van der Waals surface area contributed by atoms with Crippen LogP contribution in [0.4, 0.5) is 0 Å². The Labute approximate surface area is 181 Å². The van der Waals surface area contributed by atoms with Crippen molar-refractivity contribution < 1.29 is 14.3 Å². The molecule has 0 unspecified atom stereocenters. The van der Waals surface area contributed by atoms with Crippen molar-refractivity contribution in [2.45, 2.75) is 26.9 Å². The van der Waals surface area contributed by atoms with Gasteiger partial charge in [0.15, 0.2) is 6.10 Å². The number of fused-ring (bicyclic) bond motifs is 1. The van der Waals surface area contributed by atoms with E-state index in [1.807, 2.05) is 74.5 Å². The Morgan fingerprint density at radius 2 is 1.58 bits per heavy atom. The largest absolute Gasteiger partial charge is 0.451 e. The number of pyridine rings is 1. The first kappa shape index (κ1) is 20.5. The van der Waals surface area contributed by atoms with E-state index in [9.17, 15) is 9.59 Å². The second-order valence-corrected chi connectivity index (χ2v) is 7.67. The number of aromatic nitrogens is 1. The zero-order chi connectivity index (χ0) is 22.0. The normalized spacial score (nSPS) is 11.8. The fourth-order valence-corrected chi connectivity index (χ4v) is 3.55. The first-order valence-electron chi connectivity index (χ1n) is 10.2. The maximum absolute atomic E-state index is 13.2. The highest BCUT2D eigenvalue weighted by molar-refractivity contribution is 6.07. The maximum atomic E-state index is 13.2. The Morgan fingerprint density at radius 1 is 0.871 bits per heavy atom. The molecule has 4 nitrogen and oxygen atoms in total. The van der Waals surface area contributed by atoms with Gasteiger partial charge >= 0.3 is 5.97 Å². The van der Waals surface area contributed by atoms with E-state index in [0.717, 1.165) is 22.2 Å². The van der Waals surface area contributed by atoms with Gasteiger partial charge in [-0.15, -0.1) is 0 Å². The highest BCUT2D eigenvalue weighted by Crippen LogP contribution is 2.27. The van der Waals surface area contributed by atoms with Crippen molar-refractivity contribution >= 4 is 22.7 Å².